The van der Waals surface area contributed by atoms with E-state index in [-0.39, 0.29) is 5.91 Å². The fourth-order valence-electron chi connectivity index (χ4n) is 3.95. The van der Waals surface area contributed by atoms with Crippen LogP contribution >= 0.6 is 0 Å². The lowest BCUT2D eigenvalue weighted by molar-refractivity contribution is 0.0620. The second kappa shape index (κ2) is 6.79. The first-order valence-electron chi connectivity index (χ1n) is 9.49. The maximum absolute atomic E-state index is 12.9. The van der Waals surface area contributed by atoms with Crippen molar-refractivity contribution in [3.63, 3.8) is 0 Å². The number of carbonyl (C=O) groups is 1. The summed E-state index contributed by atoms with van der Waals surface area (Å²) in [6.07, 6.45) is 5.00. The Morgan fingerprint density at radius 1 is 1.19 bits per heavy atom. The van der Waals surface area contributed by atoms with E-state index in [1.165, 1.54) is 0 Å². The van der Waals surface area contributed by atoms with Gasteiger partial charge in [0.1, 0.15) is 5.65 Å². The molecule has 0 unspecified atom stereocenters. The van der Waals surface area contributed by atoms with E-state index in [9.17, 15) is 4.79 Å². The molecule has 140 valence electrons. The SMILES string of the molecule is O=C(c1n[nH]c2c1CNCC2)N1CCN(Cc2cn3ccccc3n2)CC1. The van der Waals surface area contributed by atoms with Crippen LogP contribution in [0.2, 0.25) is 0 Å². The molecule has 1 fully saturated rings. The number of fused-ring (bicyclic) bond motifs is 2. The minimum atomic E-state index is 0.0450. The summed E-state index contributed by atoms with van der Waals surface area (Å²) < 4.78 is 2.05. The highest BCUT2D eigenvalue weighted by Crippen LogP contribution is 2.18. The second-order valence-corrected chi connectivity index (χ2v) is 7.22. The highest BCUT2D eigenvalue weighted by Gasteiger charge is 2.28. The summed E-state index contributed by atoms with van der Waals surface area (Å²) in [6.45, 7) is 5.62. The van der Waals surface area contributed by atoms with Crippen LogP contribution in [0.5, 0.6) is 0 Å². The van der Waals surface area contributed by atoms with Crippen molar-refractivity contribution >= 4 is 11.6 Å². The van der Waals surface area contributed by atoms with E-state index < -0.39 is 0 Å². The standard InChI is InChI=1S/C19H23N7O/c27-19(18-15-11-20-5-4-16(15)22-23-18)25-9-7-24(8-10-25)12-14-13-26-6-2-1-3-17(26)21-14/h1-3,6,13,20H,4-5,7-12H2,(H,22,23). The van der Waals surface area contributed by atoms with E-state index in [0.29, 0.717) is 5.69 Å². The van der Waals surface area contributed by atoms with Crippen molar-refractivity contribution in [2.75, 3.05) is 32.7 Å². The third-order valence-electron chi connectivity index (χ3n) is 5.47. The summed E-state index contributed by atoms with van der Waals surface area (Å²) in [5.74, 6) is 0.0450. The molecule has 2 N–H and O–H groups in total. The Bertz CT molecular complexity index is 935. The van der Waals surface area contributed by atoms with E-state index in [1.54, 1.807) is 0 Å². The van der Waals surface area contributed by atoms with Gasteiger partial charge in [0.2, 0.25) is 0 Å². The average molecular weight is 365 g/mol. The van der Waals surface area contributed by atoms with E-state index >= 15 is 0 Å². The summed E-state index contributed by atoms with van der Waals surface area (Å²) in [7, 11) is 0. The van der Waals surface area contributed by atoms with Gasteiger partial charge in [-0.05, 0) is 12.1 Å². The number of hydrogen-bond acceptors (Lipinski definition) is 5. The maximum atomic E-state index is 12.9. The molecule has 0 saturated carbocycles. The Balaban J connectivity index is 1.22. The van der Waals surface area contributed by atoms with Crippen molar-refractivity contribution in [2.45, 2.75) is 19.5 Å². The van der Waals surface area contributed by atoms with Gasteiger partial charge in [0.15, 0.2) is 5.69 Å². The highest BCUT2D eigenvalue weighted by atomic mass is 16.2. The number of rotatable bonds is 3. The zero-order valence-electron chi connectivity index (χ0n) is 15.2. The van der Waals surface area contributed by atoms with Gasteiger partial charge in [-0.1, -0.05) is 6.07 Å². The van der Waals surface area contributed by atoms with Crippen molar-refractivity contribution in [3.05, 3.63) is 53.2 Å². The third kappa shape index (κ3) is 3.11. The molecular formula is C19H23N7O. The lowest BCUT2D eigenvalue weighted by Crippen LogP contribution is -2.48. The van der Waals surface area contributed by atoms with E-state index in [2.05, 4.69) is 31.6 Å². The molecule has 2 aliphatic heterocycles. The highest BCUT2D eigenvalue weighted by molar-refractivity contribution is 5.94. The van der Waals surface area contributed by atoms with Gasteiger partial charge in [-0.25, -0.2) is 4.98 Å². The van der Waals surface area contributed by atoms with Crippen LogP contribution in [0.15, 0.2) is 30.6 Å². The summed E-state index contributed by atoms with van der Waals surface area (Å²) in [5.41, 5.74) is 4.76. The zero-order chi connectivity index (χ0) is 18.2. The lowest BCUT2D eigenvalue weighted by atomic mass is 10.1. The largest absolute Gasteiger partial charge is 0.335 e. The molecular weight excluding hydrogens is 342 g/mol. The van der Waals surface area contributed by atoms with Crippen LogP contribution in [-0.4, -0.2) is 68.0 Å². The van der Waals surface area contributed by atoms with Gasteiger partial charge < -0.3 is 14.6 Å². The molecule has 8 heteroatoms. The minimum absolute atomic E-state index is 0.0450. The summed E-state index contributed by atoms with van der Waals surface area (Å²) in [6, 6.07) is 6.02. The maximum Gasteiger partial charge on any atom is 0.274 e. The van der Waals surface area contributed by atoms with Gasteiger partial charge in [0.25, 0.3) is 5.91 Å². The van der Waals surface area contributed by atoms with Gasteiger partial charge in [0, 0.05) is 75.9 Å². The Morgan fingerprint density at radius 3 is 2.93 bits per heavy atom. The summed E-state index contributed by atoms with van der Waals surface area (Å²) >= 11 is 0. The quantitative estimate of drug-likeness (QED) is 0.713. The fourth-order valence-corrected chi connectivity index (χ4v) is 3.95. The number of amides is 1. The van der Waals surface area contributed by atoms with Crippen LogP contribution < -0.4 is 5.32 Å². The van der Waals surface area contributed by atoms with Crippen molar-refractivity contribution in [2.24, 2.45) is 0 Å². The normalized spacial score (nSPS) is 18.0. The van der Waals surface area contributed by atoms with Crippen molar-refractivity contribution in [1.82, 2.24) is 34.7 Å². The summed E-state index contributed by atoms with van der Waals surface area (Å²) in [5, 5.41) is 10.7. The molecule has 0 aliphatic carbocycles. The molecule has 1 saturated heterocycles. The van der Waals surface area contributed by atoms with Gasteiger partial charge in [-0.3, -0.25) is 14.8 Å². The molecule has 0 bridgehead atoms. The zero-order valence-corrected chi connectivity index (χ0v) is 15.2. The molecule has 2 aliphatic rings. The molecule has 0 aromatic carbocycles. The molecule has 27 heavy (non-hydrogen) atoms. The topological polar surface area (TPSA) is 81.6 Å². The number of H-pyrrole nitrogens is 1. The molecule has 8 nitrogen and oxygen atoms in total. The molecule has 0 atom stereocenters. The van der Waals surface area contributed by atoms with Crippen LogP contribution in [0.3, 0.4) is 0 Å². The minimum Gasteiger partial charge on any atom is -0.335 e. The smallest absolute Gasteiger partial charge is 0.274 e. The monoisotopic (exact) mass is 365 g/mol. The molecule has 3 aromatic rings. The number of imidazole rings is 1. The fraction of sp³-hybridized carbons (Fsp3) is 0.421. The summed E-state index contributed by atoms with van der Waals surface area (Å²) in [4.78, 5) is 21.8. The number of nitrogens with zero attached hydrogens (tertiary/aromatic N) is 5. The number of aromatic amines is 1. The van der Waals surface area contributed by atoms with Gasteiger partial charge >= 0.3 is 0 Å². The lowest BCUT2D eigenvalue weighted by Gasteiger charge is -2.34. The predicted molar refractivity (Wildman–Crippen MR) is 100 cm³/mol. The number of pyridine rings is 1. The third-order valence-corrected chi connectivity index (χ3v) is 5.47. The van der Waals surface area contributed by atoms with Gasteiger partial charge in [0.05, 0.1) is 5.69 Å². The number of nitrogens with one attached hydrogen (secondary N) is 2. The first kappa shape index (κ1) is 16.5. The van der Waals surface area contributed by atoms with Crippen LogP contribution in [0.25, 0.3) is 5.65 Å². The van der Waals surface area contributed by atoms with E-state index in [1.807, 2.05) is 33.7 Å². The van der Waals surface area contributed by atoms with E-state index in [4.69, 9.17) is 0 Å². The Labute approximate surface area is 157 Å². The van der Waals surface area contributed by atoms with Crippen LogP contribution in [0, 0.1) is 0 Å². The van der Waals surface area contributed by atoms with Crippen molar-refractivity contribution in [3.8, 4) is 0 Å². The van der Waals surface area contributed by atoms with Gasteiger partial charge in [-0.15, -0.1) is 0 Å². The average Bonchev–Trinajstić information content (AvgIpc) is 3.31. The first-order chi connectivity index (χ1) is 13.3. The molecule has 5 rings (SSSR count). The second-order valence-electron chi connectivity index (χ2n) is 7.22. The Hall–Kier alpha value is -2.71. The van der Waals surface area contributed by atoms with E-state index in [0.717, 1.165) is 74.8 Å². The molecule has 5 heterocycles. The number of hydrogen-bond donors (Lipinski definition) is 2. The van der Waals surface area contributed by atoms with Crippen molar-refractivity contribution in [1.29, 1.82) is 0 Å². The number of piperazine rings is 1. The molecule has 3 aromatic heterocycles. The Morgan fingerprint density at radius 2 is 2.07 bits per heavy atom. The van der Waals surface area contributed by atoms with Crippen molar-refractivity contribution < 1.29 is 4.79 Å². The van der Waals surface area contributed by atoms with Crippen LogP contribution in [0.1, 0.15) is 27.4 Å². The first-order valence-corrected chi connectivity index (χ1v) is 9.49. The molecule has 0 spiro atoms. The number of aromatic nitrogens is 4. The molecule has 0 radical (unpaired) electrons. The van der Waals surface area contributed by atoms with Gasteiger partial charge in [-0.2, -0.15) is 5.10 Å². The molecule has 1 amide bonds. The van der Waals surface area contributed by atoms with Crippen LogP contribution in [-0.2, 0) is 19.5 Å². The number of carbonyl (C=O) groups excluding carboxylic acids is 1. The predicted octanol–water partition coefficient (Wildman–Crippen LogP) is 0.661. The Kier molecular flexibility index (Phi) is 4.14. The van der Waals surface area contributed by atoms with Crippen LogP contribution in [0.4, 0.5) is 0 Å².